The summed E-state index contributed by atoms with van der Waals surface area (Å²) in [7, 11) is -4.20. The Kier molecular flexibility index (Phi) is 4.63. The molecule has 5 nitrogen and oxygen atoms in total. The Bertz CT molecular complexity index is 652. The van der Waals surface area contributed by atoms with E-state index in [1.807, 2.05) is 0 Å². The van der Waals surface area contributed by atoms with Crippen LogP contribution in [0.3, 0.4) is 0 Å². The summed E-state index contributed by atoms with van der Waals surface area (Å²) < 4.78 is 36.6. The molecule has 2 rings (SSSR count). The zero-order valence-corrected chi connectivity index (χ0v) is 12.7. The van der Waals surface area contributed by atoms with Gasteiger partial charge in [-0.15, -0.1) is 0 Å². The van der Waals surface area contributed by atoms with E-state index in [-0.39, 0.29) is 17.2 Å². The number of carbonyl (C=O) groups is 1. The number of rotatable bonds is 3. The van der Waals surface area contributed by atoms with E-state index in [1.54, 1.807) is 0 Å². The van der Waals surface area contributed by atoms with Gasteiger partial charge in [0.2, 0.25) is 10.0 Å². The first-order valence-corrected chi connectivity index (χ1v) is 8.47. The van der Waals surface area contributed by atoms with E-state index in [0.717, 1.165) is 38.2 Å². The SMILES string of the molecule is Cc1cc(C(=O)NC2CCCCC2)cc(S(N)(=O)=O)c1F. The van der Waals surface area contributed by atoms with E-state index in [1.165, 1.54) is 13.0 Å². The number of hydrogen-bond acceptors (Lipinski definition) is 3. The second-order valence-electron chi connectivity index (χ2n) is 5.46. The summed E-state index contributed by atoms with van der Waals surface area (Å²) in [4.78, 5) is 11.5. The quantitative estimate of drug-likeness (QED) is 0.892. The lowest BCUT2D eigenvalue weighted by Gasteiger charge is -2.23. The minimum Gasteiger partial charge on any atom is -0.349 e. The van der Waals surface area contributed by atoms with Gasteiger partial charge in [0.15, 0.2) is 0 Å². The predicted octanol–water partition coefficient (Wildman–Crippen LogP) is 1.84. The van der Waals surface area contributed by atoms with E-state index >= 15 is 0 Å². The number of halogens is 1. The van der Waals surface area contributed by atoms with Gasteiger partial charge in [0.25, 0.3) is 5.91 Å². The second-order valence-corrected chi connectivity index (χ2v) is 6.99. The minimum atomic E-state index is -4.20. The van der Waals surface area contributed by atoms with Crippen LogP contribution >= 0.6 is 0 Å². The predicted molar refractivity (Wildman–Crippen MR) is 76.8 cm³/mol. The molecule has 1 fully saturated rings. The average molecular weight is 314 g/mol. The number of amides is 1. The molecule has 1 aromatic rings. The van der Waals surface area contributed by atoms with Gasteiger partial charge in [-0.25, -0.2) is 17.9 Å². The number of carbonyl (C=O) groups excluding carboxylic acids is 1. The molecule has 0 atom stereocenters. The zero-order valence-electron chi connectivity index (χ0n) is 11.9. The Morgan fingerprint density at radius 2 is 1.90 bits per heavy atom. The minimum absolute atomic E-state index is 0.0790. The van der Waals surface area contributed by atoms with Crippen LogP contribution < -0.4 is 10.5 Å². The number of nitrogens with two attached hydrogens (primary N) is 1. The molecule has 7 heteroatoms. The average Bonchev–Trinajstić information content (AvgIpc) is 2.41. The maximum Gasteiger partial charge on any atom is 0.251 e. The van der Waals surface area contributed by atoms with Crippen LogP contribution in [0.4, 0.5) is 4.39 Å². The molecule has 0 unspecified atom stereocenters. The first-order chi connectivity index (χ1) is 9.79. The lowest BCUT2D eigenvalue weighted by atomic mass is 9.95. The van der Waals surface area contributed by atoms with Gasteiger partial charge < -0.3 is 5.32 Å². The van der Waals surface area contributed by atoms with Gasteiger partial charge in [-0.3, -0.25) is 4.79 Å². The lowest BCUT2D eigenvalue weighted by molar-refractivity contribution is 0.0927. The molecule has 0 radical (unpaired) electrons. The van der Waals surface area contributed by atoms with Crippen LogP contribution in [0, 0.1) is 12.7 Å². The maximum absolute atomic E-state index is 13.8. The number of aryl methyl sites for hydroxylation is 1. The van der Waals surface area contributed by atoms with E-state index in [2.05, 4.69) is 5.32 Å². The van der Waals surface area contributed by atoms with Crippen molar-refractivity contribution in [1.82, 2.24) is 5.32 Å². The van der Waals surface area contributed by atoms with Crippen LogP contribution in [-0.2, 0) is 10.0 Å². The number of nitrogens with one attached hydrogen (secondary N) is 1. The number of benzene rings is 1. The van der Waals surface area contributed by atoms with Crippen molar-refractivity contribution in [3.63, 3.8) is 0 Å². The van der Waals surface area contributed by atoms with E-state index in [0.29, 0.717) is 0 Å². The summed E-state index contributed by atoms with van der Waals surface area (Å²) in [6.07, 6.45) is 5.12. The molecule has 0 aliphatic heterocycles. The molecule has 1 aliphatic rings. The summed E-state index contributed by atoms with van der Waals surface area (Å²) >= 11 is 0. The third-order valence-corrected chi connectivity index (χ3v) is 4.64. The van der Waals surface area contributed by atoms with Gasteiger partial charge >= 0.3 is 0 Å². The van der Waals surface area contributed by atoms with Crippen molar-refractivity contribution in [2.75, 3.05) is 0 Å². The Labute approximate surface area is 123 Å². The summed E-state index contributed by atoms with van der Waals surface area (Å²) in [5.41, 5.74) is 0.193. The summed E-state index contributed by atoms with van der Waals surface area (Å²) in [6, 6.07) is 2.42. The third-order valence-electron chi connectivity index (χ3n) is 3.73. The van der Waals surface area contributed by atoms with Gasteiger partial charge in [0.05, 0.1) is 0 Å². The highest BCUT2D eigenvalue weighted by Gasteiger charge is 2.22. The molecule has 0 aromatic heterocycles. The molecule has 0 heterocycles. The molecule has 1 aromatic carbocycles. The van der Waals surface area contributed by atoms with Gasteiger partial charge in [-0.2, -0.15) is 0 Å². The first kappa shape index (κ1) is 15.9. The van der Waals surface area contributed by atoms with E-state index < -0.39 is 26.6 Å². The molecule has 21 heavy (non-hydrogen) atoms. The molecular weight excluding hydrogens is 295 g/mol. The molecule has 3 N–H and O–H groups in total. The van der Waals surface area contributed by atoms with Crippen LogP contribution in [0.5, 0.6) is 0 Å². The molecule has 1 aliphatic carbocycles. The van der Waals surface area contributed by atoms with Crippen molar-refractivity contribution >= 4 is 15.9 Å². The largest absolute Gasteiger partial charge is 0.349 e. The highest BCUT2D eigenvalue weighted by atomic mass is 32.2. The third kappa shape index (κ3) is 3.79. The maximum atomic E-state index is 13.8. The zero-order chi connectivity index (χ0) is 15.6. The molecule has 1 saturated carbocycles. The Hall–Kier alpha value is -1.47. The number of sulfonamides is 1. The highest BCUT2D eigenvalue weighted by Crippen LogP contribution is 2.21. The van der Waals surface area contributed by atoms with Gasteiger partial charge in [-0.05, 0) is 37.5 Å². The fourth-order valence-electron chi connectivity index (χ4n) is 2.59. The number of hydrogen-bond donors (Lipinski definition) is 2. The van der Waals surface area contributed by atoms with Crippen molar-refractivity contribution in [1.29, 1.82) is 0 Å². The van der Waals surface area contributed by atoms with Crippen molar-refractivity contribution in [2.24, 2.45) is 5.14 Å². The van der Waals surface area contributed by atoms with Crippen LogP contribution in [0.15, 0.2) is 17.0 Å². The van der Waals surface area contributed by atoms with Crippen molar-refractivity contribution in [2.45, 2.75) is 50.0 Å². The Morgan fingerprint density at radius 1 is 1.29 bits per heavy atom. The standard InChI is InChI=1S/C14H19FN2O3S/c1-9-7-10(8-12(13(9)15)21(16,19)20)14(18)17-11-5-3-2-4-6-11/h7-8,11H,2-6H2,1H3,(H,17,18)(H2,16,19,20). The molecule has 0 bridgehead atoms. The van der Waals surface area contributed by atoms with Gasteiger partial charge in [0, 0.05) is 11.6 Å². The second kappa shape index (κ2) is 6.11. The molecular formula is C14H19FN2O3S. The van der Waals surface area contributed by atoms with Crippen molar-refractivity contribution < 1.29 is 17.6 Å². The molecule has 116 valence electrons. The first-order valence-electron chi connectivity index (χ1n) is 6.93. The van der Waals surface area contributed by atoms with E-state index in [9.17, 15) is 17.6 Å². The van der Waals surface area contributed by atoms with E-state index in [4.69, 9.17) is 5.14 Å². The van der Waals surface area contributed by atoms with Crippen LogP contribution in [0.25, 0.3) is 0 Å². The fraction of sp³-hybridized carbons (Fsp3) is 0.500. The molecule has 0 spiro atoms. The Morgan fingerprint density at radius 3 is 2.48 bits per heavy atom. The van der Waals surface area contributed by atoms with Crippen LogP contribution in [0.1, 0.15) is 48.0 Å². The smallest absolute Gasteiger partial charge is 0.251 e. The monoisotopic (exact) mass is 314 g/mol. The van der Waals surface area contributed by atoms with Crippen LogP contribution in [-0.4, -0.2) is 20.4 Å². The molecule has 1 amide bonds. The summed E-state index contributed by atoms with van der Waals surface area (Å²) in [5.74, 6) is -1.30. The Balaban J connectivity index is 2.27. The topological polar surface area (TPSA) is 89.3 Å². The van der Waals surface area contributed by atoms with Gasteiger partial charge in [0.1, 0.15) is 10.7 Å². The molecule has 0 saturated heterocycles. The fourth-order valence-corrected chi connectivity index (χ4v) is 3.29. The lowest BCUT2D eigenvalue weighted by Crippen LogP contribution is -2.36. The normalized spacial score (nSPS) is 16.7. The highest BCUT2D eigenvalue weighted by molar-refractivity contribution is 7.89. The number of primary sulfonamides is 1. The summed E-state index contributed by atoms with van der Waals surface area (Å²) in [6.45, 7) is 1.40. The van der Waals surface area contributed by atoms with Crippen molar-refractivity contribution in [3.8, 4) is 0 Å². The van der Waals surface area contributed by atoms with Gasteiger partial charge in [-0.1, -0.05) is 19.3 Å². The summed E-state index contributed by atoms with van der Waals surface area (Å²) in [5, 5.41) is 7.84. The van der Waals surface area contributed by atoms with Crippen molar-refractivity contribution in [3.05, 3.63) is 29.1 Å². The van der Waals surface area contributed by atoms with Crippen LogP contribution in [0.2, 0.25) is 0 Å².